The summed E-state index contributed by atoms with van der Waals surface area (Å²) >= 11 is 0. The molecule has 0 bridgehead atoms. The molecule has 1 aromatic carbocycles. The molecule has 0 saturated heterocycles. The highest BCUT2D eigenvalue weighted by Crippen LogP contribution is 2.30. The van der Waals surface area contributed by atoms with Gasteiger partial charge in [-0.2, -0.15) is 0 Å². The zero-order chi connectivity index (χ0) is 13.9. The van der Waals surface area contributed by atoms with E-state index in [0.29, 0.717) is 13.2 Å². The molecule has 2 aliphatic rings. The second-order valence-corrected chi connectivity index (χ2v) is 5.43. The molecule has 1 heterocycles. The van der Waals surface area contributed by atoms with Gasteiger partial charge in [-0.3, -0.25) is 0 Å². The Morgan fingerprint density at radius 1 is 1.20 bits per heavy atom. The summed E-state index contributed by atoms with van der Waals surface area (Å²) in [5.41, 5.74) is 1.20. The number of fused-ring (bicyclic) bond motifs is 1. The van der Waals surface area contributed by atoms with Crippen molar-refractivity contribution in [3.8, 4) is 0 Å². The first kappa shape index (κ1) is 13.2. The van der Waals surface area contributed by atoms with E-state index >= 15 is 0 Å². The van der Waals surface area contributed by atoms with E-state index in [1.165, 1.54) is 5.56 Å². The highest BCUT2D eigenvalue weighted by atomic mass is 16.5. The van der Waals surface area contributed by atoms with Crippen LogP contribution in [0.4, 0.5) is 0 Å². The van der Waals surface area contributed by atoms with Crippen molar-refractivity contribution in [2.75, 3.05) is 20.7 Å². The molecule has 0 saturated carbocycles. The molecule has 1 aliphatic heterocycles. The fraction of sp³-hybridized carbons (Fsp3) is 0.438. The van der Waals surface area contributed by atoms with Crippen molar-refractivity contribution in [2.24, 2.45) is 10.9 Å². The minimum atomic E-state index is 0.100. The van der Waals surface area contributed by atoms with Crippen molar-refractivity contribution in [3.05, 3.63) is 48.0 Å². The Bertz CT molecular complexity index is 510. The van der Waals surface area contributed by atoms with Crippen LogP contribution in [0.25, 0.3) is 0 Å². The molecule has 0 fully saturated rings. The summed E-state index contributed by atoms with van der Waals surface area (Å²) in [7, 11) is 3.90. The Labute approximate surface area is 119 Å². The fourth-order valence-corrected chi connectivity index (χ4v) is 2.54. The SMILES string of the molecule is CN(C)C1=N[C@@H]2C=C[C@@H](COCc3ccccc3)C2O1. The zero-order valence-corrected chi connectivity index (χ0v) is 11.9. The summed E-state index contributed by atoms with van der Waals surface area (Å²) in [6, 6.07) is 11.1. The maximum atomic E-state index is 5.90. The number of nitrogens with zero attached hydrogens (tertiary/aromatic N) is 2. The van der Waals surface area contributed by atoms with E-state index in [0.717, 1.165) is 6.02 Å². The topological polar surface area (TPSA) is 34.1 Å². The van der Waals surface area contributed by atoms with Gasteiger partial charge < -0.3 is 14.4 Å². The van der Waals surface area contributed by atoms with Gasteiger partial charge in [-0.15, -0.1) is 0 Å². The minimum absolute atomic E-state index is 0.100. The zero-order valence-electron chi connectivity index (χ0n) is 11.9. The number of amidine groups is 1. The van der Waals surface area contributed by atoms with E-state index < -0.39 is 0 Å². The number of ether oxygens (including phenoxy) is 2. The smallest absolute Gasteiger partial charge is 0.287 e. The maximum absolute atomic E-state index is 5.90. The molecule has 0 N–H and O–H groups in total. The Morgan fingerprint density at radius 3 is 2.75 bits per heavy atom. The molecule has 3 rings (SSSR count). The van der Waals surface area contributed by atoms with Gasteiger partial charge >= 0.3 is 0 Å². The van der Waals surface area contributed by atoms with Gasteiger partial charge in [0.2, 0.25) is 0 Å². The number of aliphatic imine (C=N–C) groups is 1. The second kappa shape index (κ2) is 5.67. The molecule has 3 atom stereocenters. The fourth-order valence-electron chi connectivity index (χ4n) is 2.54. The highest BCUT2D eigenvalue weighted by molar-refractivity contribution is 5.76. The van der Waals surface area contributed by atoms with Crippen LogP contribution in [0.3, 0.4) is 0 Å². The van der Waals surface area contributed by atoms with Crippen LogP contribution in [0.15, 0.2) is 47.5 Å². The first-order valence-electron chi connectivity index (χ1n) is 6.96. The number of benzene rings is 1. The van der Waals surface area contributed by atoms with Crippen LogP contribution < -0.4 is 0 Å². The van der Waals surface area contributed by atoms with Crippen LogP contribution in [-0.4, -0.2) is 43.8 Å². The molecule has 4 nitrogen and oxygen atoms in total. The Hall–Kier alpha value is -1.81. The van der Waals surface area contributed by atoms with Gasteiger partial charge in [-0.05, 0) is 5.56 Å². The third kappa shape index (κ3) is 2.70. The van der Waals surface area contributed by atoms with Crippen molar-refractivity contribution >= 4 is 6.02 Å². The molecule has 0 amide bonds. The van der Waals surface area contributed by atoms with Crippen molar-refractivity contribution in [1.29, 1.82) is 0 Å². The Kier molecular flexibility index (Phi) is 3.74. The molecule has 1 aliphatic carbocycles. The summed E-state index contributed by atoms with van der Waals surface area (Å²) < 4.78 is 11.7. The predicted molar refractivity (Wildman–Crippen MR) is 78.5 cm³/mol. The number of hydrogen-bond acceptors (Lipinski definition) is 4. The lowest BCUT2D eigenvalue weighted by Gasteiger charge is -2.20. The predicted octanol–water partition coefficient (Wildman–Crippen LogP) is 2.07. The van der Waals surface area contributed by atoms with E-state index in [9.17, 15) is 0 Å². The number of hydrogen-bond donors (Lipinski definition) is 0. The van der Waals surface area contributed by atoms with Crippen LogP contribution in [0, 0.1) is 5.92 Å². The molecule has 0 radical (unpaired) electrons. The van der Waals surface area contributed by atoms with E-state index in [4.69, 9.17) is 9.47 Å². The van der Waals surface area contributed by atoms with Crippen LogP contribution in [0.1, 0.15) is 5.56 Å². The van der Waals surface area contributed by atoms with Crippen molar-refractivity contribution in [1.82, 2.24) is 4.90 Å². The quantitative estimate of drug-likeness (QED) is 0.787. The molecule has 4 heteroatoms. The normalized spacial score (nSPS) is 27.1. The lowest BCUT2D eigenvalue weighted by Crippen LogP contribution is -2.30. The largest absolute Gasteiger partial charge is 0.458 e. The van der Waals surface area contributed by atoms with E-state index in [1.807, 2.05) is 37.2 Å². The van der Waals surface area contributed by atoms with Gasteiger partial charge in [0.15, 0.2) is 0 Å². The van der Waals surface area contributed by atoms with Gasteiger partial charge in [0, 0.05) is 20.0 Å². The number of rotatable bonds is 4. The molecule has 106 valence electrons. The molecule has 1 unspecified atom stereocenters. The first-order chi connectivity index (χ1) is 9.74. The molecular formula is C16H20N2O2. The third-order valence-corrected chi connectivity index (χ3v) is 3.62. The summed E-state index contributed by atoms with van der Waals surface area (Å²) in [4.78, 5) is 6.45. The van der Waals surface area contributed by atoms with E-state index in [1.54, 1.807) is 0 Å². The average Bonchev–Trinajstić information content (AvgIpc) is 3.01. The van der Waals surface area contributed by atoms with Crippen molar-refractivity contribution in [3.63, 3.8) is 0 Å². The first-order valence-corrected chi connectivity index (χ1v) is 6.96. The van der Waals surface area contributed by atoms with Crippen LogP contribution >= 0.6 is 0 Å². The molecule has 20 heavy (non-hydrogen) atoms. The van der Waals surface area contributed by atoms with Crippen LogP contribution in [0.5, 0.6) is 0 Å². The van der Waals surface area contributed by atoms with E-state index in [-0.39, 0.29) is 18.1 Å². The summed E-state index contributed by atoms with van der Waals surface area (Å²) in [5, 5.41) is 0. The monoisotopic (exact) mass is 272 g/mol. The Morgan fingerprint density at radius 2 is 2.00 bits per heavy atom. The summed E-state index contributed by atoms with van der Waals surface area (Å²) in [6.45, 7) is 1.31. The highest BCUT2D eigenvalue weighted by Gasteiger charge is 2.39. The standard InChI is InChI=1S/C16H20N2O2/c1-18(2)16-17-14-9-8-13(15(14)20-16)11-19-10-12-6-4-3-5-7-12/h3-9,13-15H,10-11H2,1-2H3/t13-,14+,15?/m0/s1. The van der Waals surface area contributed by atoms with Gasteiger partial charge in [-0.1, -0.05) is 42.5 Å². The second-order valence-electron chi connectivity index (χ2n) is 5.43. The van der Waals surface area contributed by atoms with Crippen LogP contribution in [0.2, 0.25) is 0 Å². The Balaban J connectivity index is 1.50. The molecule has 1 aromatic rings. The summed E-state index contributed by atoms with van der Waals surface area (Å²) in [5.74, 6) is 0.282. The van der Waals surface area contributed by atoms with Crippen LogP contribution in [-0.2, 0) is 16.1 Å². The molecular weight excluding hydrogens is 252 g/mol. The molecule has 0 aromatic heterocycles. The van der Waals surface area contributed by atoms with Crippen molar-refractivity contribution in [2.45, 2.75) is 18.8 Å². The van der Waals surface area contributed by atoms with Gasteiger partial charge in [0.05, 0.1) is 13.2 Å². The lowest BCUT2D eigenvalue weighted by atomic mass is 10.1. The summed E-state index contributed by atoms with van der Waals surface area (Å²) in [6.07, 6.45) is 4.39. The maximum Gasteiger partial charge on any atom is 0.287 e. The minimum Gasteiger partial charge on any atom is -0.458 e. The average molecular weight is 272 g/mol. The van der Waals surface area contributed by atoms with Gasteiger partial charge in [0.25, 0.3) is 6.02 Å². The lowest BCUT2D eigenvalue weighted by molar-refractivity contribution is 0.0524. The van der Waals surface area contributed by atoms with Gasteiger partial charge in [-0.25, -0.2) is 4.99 Å². The van der Waals surface area contributed by atoms with Crippen molar-refractivity contribution < 1.29 is 9.47 Å². The van der Waals surface area contributed by atoms with Gasteiger partial charge in [0.1, 0.15) is 12.1 Å². The third-order valence-electron chi connectivity index (χ3n) is 3.62. The van der Waals surface area contributed by atoms with E-state index in [2.05, 4.69) is 29.3 Å². The molecule has 0 spiro atoms.